The van der Waals surface area contributed by atoms with Crippen LogP contribution in [0.5, 0.6) is 0 Å². The van der Waals surface area contributed by atoms with Crippen LogP contribution in [-0.2, 0) is 44.7 Å². The number of carbonyl (C=O) groups is 2. The molecule has 2 fully saturated rings. The number of hydrogen-bond acceptors (Lipinski definition) is 10. The Morgan fingerprint density at radius 1 is 0.684 bits per heavy atom. The summed E-state index contributed by atoms with van der Waals surface area (Å²) < 4.78 is 39.2. The molecule has 0 amide bonds. The highest BCUT2D eigenvalue weighted by Gasteiger charge is 2.35. The minimum absolute atomic E-state index is 0.0272. The first kappa shape index (κ1) is 40.5. The standard InChI is InChI=1S/C22H23ClFN3O2.C21H21ClFN3O2/c1-2-29-22(28)15-6-4-3-5-13(15)9-20-18(24)12-26-21(27-20)16-7-8-19-17(16)10-14(23)11-25-19;1-28-21(27)14-5-3-2-4-12(14)8-19-17(23)11-25-20(26-19)15-6-7-18-16(15)9-13(22)10-24-18/h7,10-13,15H,2-6,8-9H2,1H3;6,9-12,14H,2-5,7-8H2,1H3/t13-,15+;12-,14+/m01/s1. The third-order valence-corrected chi connectivity index (χ3v) is 11.8. The molecule has 4 aromatic rings. The van der Waals surface area contributed by atoms with Crippen molar-refractivity contribution >= 4 is 46.3 Å². The number of pyridine rings is 2. The van der Waals surface area contributed by atoms with Crippen molar-refractivity contribution in [2.75, 3.05) is 13.7 Å². The molecule has 0 aliphatic heterocycles. The second-order valence-electron chi connectivity index (χ2n) is 14.9. The Morgan fingerprint density at radius 3 is 1.60 bits per heavy atom. The van der Waals surface area contributed by atoms with Gasteiger partial charge in [0.25, 0.3) is 0 Å². The van der Waals surface area contributed by atoms with Gasteiger partial charge in [-0.05, 0) is 69.4 Å². The summed E-state index contributed by atoms with van der Waals surface area (Å²) in [6, 6.07) is 3.68. The monoisotopic (exact) mass is 816 g/mol. The van der Waals surface area contributed by atoms with Gasteiger partial charge >= 0.3 is 11.9 Å². The molecular formula is C43H44Cl2F2N6O4. The van der Waals surface area contributed by atoms with Crippen LogP contribution in [0.4, 0.5) is 8.78 Å². The average molecular weight is 818 g/mol. The molecule has 0 saturated heterocycles. The number of allylic oxidation sites excluding steroid dienone is 2. The van der Waals surface area contributed by atoms with Crippen molar-refractivity contribution in [2.45, 2.75) is 84.0 Å². The lowest BCUT2D eigenvalue weighted by Crippen LogP contribution is -2.30. The quantitative estimate of drug-likeness (QED) is 0.151. The van der Waals surface area contributed by atoms with E-state index in [1.165, 1.54) is 19.5 Å². The fourth-order valence-electron chi connectivity index (χ4n) is 8.54. The van der Waals surface area contributed by atoms with Crippen LogP contribution in [0.1, 0.15) is 104 Å². The minimum atomic E-state index is -0.444. The van der Waals surface area contributed by atoms with E-state index in [1.54, 1.807) is 19.3 Å². The lowest BCUT2D eigenvalue weighted by molar-refractivity contribution is -0.151. The number of aromatic nitrogens is 6. The van der Waals surface area contributed by atoms with Crippen molar-refractivity contribution < 1.29 is 27.8 Å². The van der Waals surface area contributed by atoms with E-state index in [-0.39, 0.29) is 35.6 Å². The van der Waals surface area contributed by atoms with Gasteiger partial charge in [0, 0.05) is 47.5 Å². The van der Waals surface area contributed by atoms with Crippen LogP contribution in [0.3, 0.4) is 0 Å². The summed E-state index contributed by atoms with van der Waals surface area (Å²) in [5.41, 5.74) is 5.92. The predicted molar refractivity (Wildman–Crippen MR) is 211 cm³/mol. The highest BCUT2D eigenvalue weighted by atomic mass is 35.5. The van der Waals surface area contributed by atoms with E-state index < -0.39 is 11.6 Å². The molecule has 4 heterocycles. The molecule has 0 spiro atoms. The molecule has 4 atom stereocenters. The van der Waals surface area contributed by atoms with Crippen molar-refractivity contribution in [3.8, 4) is 0 Å². The Hall–Kier alpha value is -4.68. The number of ether oxygens (including phenoxy) is 2. The largest absolute Gasteiger partial charge is 0.469 e. The van der Waals surface area contributed by atoms with Crippen molar-refractivity contribution in [2.24, 2.45) is 23.7 Å². The summed E-state index contributed by atoms with van der Waals surface area (Å²) in [5.74, 6) is -0.696. The van der Waals surface area contributed by atoms with Gasteiger partial charge in [-0.3, -0.25) is 19.6 Å². The van der Waals surface area contributed by atoms with E-state index in [0.717, 1.165) is 85.0 Å². The maximum atomic E-state index is 14.6. The zero-order chi connectivity index (χ0) is 40.1. The smallest absolute Gasteiger partial charge is 0.309 e. The molecule has 0 aromatic carbocycles. The second kappa shape index (κ2) is 18.3. The van der Waals surface area contributed by atoms with Crippen LogP contribution in [0, 0.1) is 35.3 Å². The lowest BCUT2D eigenvalue weighted by Gasteiger charge is -2.29. The maximum absolute atomic E-state index is 14.6. The minimum Gasteiger partial charge on any atom is -0.469 e. The Kier molecular flexibility index (Phi) is 13.0. The molecule has 0 N–H and O–H groups in total. The molecule has 4 aromatic heterocycles. The zero-order valence-electron chi connectivity index (χ0n) is 31.9. The number of rotatable bonds is 9. The Morgan fingerprint density at radius 2 is 1.14 bits per heavy atom. The summed E-state index contributed by atoms with van der Waals surface area (Å²) in [7, 11) is 1.40. The van der Waals surface area contributed by atoms with Gasteiger partial charge < -0.3 is 9.47 Å². The molecule has 14 heteroatoms. The van der Waals surface area contributed by atoms with Crippen LogP contribution in [0.25, 0.3) is 11.1 Å². The average Bonchev–Trinajstić information content (AvgIpc) is 3.84. The first-order valence-corrected chi connectivity index (χ1v) is 20.4. The Labute approximate surface area is 340 Å². The molecule has 4 aliphatic carbocycles. The van der Waals surface area contributed by atoms with Gasteiger partial charge in [-0.15, -0.1) is 0 Å². The van der Waals surface area contributed by atoms with Gasteiger partial charge in [0.15, 0.2) is 23.3 Å². The summed E-state index contributed by atoms with van der Waals surface area (Å²) >= 11 is 12.2. The highest BCUT2D eigenvalue weighted by molar-refractivity contribution is 6.31. The number of nitrogens with zero attached hydrogens (tertiary/aromatic N) is 6. The number of hydrogen-bond donors (Lipinski definition) is 0. The van der Waals surface area contributed by atoms with Gasteiger partial charge in [0.1, 0.15) is 0 Å². The number of halogens is 4. The number of methoxy groups -OCH3 is 1. The van der Waals surface area contributed by atoms with E-state index in [2.05, 4.69) is 29.9 Å². The summed E-state index contributed by atoms with van der Waals surface area (Å²) in [4.78, 5) is 50.6. The normalized spacial score (nSPS) is 21.0. The molecule has 57 heavy (non-hydrogen) atoms. The molecule has 0 unspecified atom stereocenters. The molecule has 4 aliphatic rings. The molecule has 0 bridgehead atoms. The van der Waals surface area contributed by atoms with Crippen molar-refractivity contribution in [3.05, 3.63) is 116 Å². The van der Waals surface area contributed by atoms with Crippen LogP contribution in [0.15, 0.2) is 49.1 Å². The van der Waals surface area contributed by atoms with Gasteiger partial charge in [-0.1, -0.05) is 61.0 Å². The molecule has 10 nitrogen and oxygen atoms in total. The lowest BCUT2D eigenvalue weighted by atomic mass is 9.77. The van der Waals surface area contributed by atoms with Crippen LogP contribution in [-0.4, -0.2) is 55.6 Å². The van der Waals surface area contributed by atoms with Crippen molar-refractivity contribution in [3.63, 3.8) is 0 Å². The third kappa shape index (κ3) is 9.23. The molecular weight excluding hydrogens is 773 g/mol. The van der Waals surface area contributed by atoms with Crippen molar-refractivity contribution in [1.29, 1.82) is 0 Å². The number of esters is 2. The first-order chi connectivity index (χ1) is 27.6. The van der Waals surface area contributed by atoms with E-state index >= 15 is 0 Å². The highest BCUT2D eigenvalue weighted by Crippen LogP contribution is 2.37. The van der Waals surface area contributed by atoms with E-state index in [1.807, 2.05) is 24.3 Å². The molecule has 2 saturated carbocycles. The van der Waals surface area contributed by atoms with Crippen molar-refractivity contribution in [1.82, 2.24) is 29.9 Å². The zero-order valence-corrected chi connectivity index (χ0v) is 33.5. The van der Waals surface area contributed by atoms with Crippen LogP contribution < -0.4 is 0 Å². The predicted octanol–water partition coefficient (Wildman–Crippen LogP) is 8.74. The van der Waals surface area contributed by atoms with Crippen LogP contribution in [0.2, 0.25) is 10.0 Å². The third-order valence-electron chi connectivity index (χ3n) is 11.4. The van der Waals surface area contributed by atoms with E-state index in [9.17, 15) is 18.4 Å². The van der Waals surface area contributed by atoms with Crippen LogP contribution >= 0.6 is 23.2 Å². The van der Waals surface area contributed by atoms with Gasteiger partial charge in [0.05, 0.1) is 70.8 Å². The summed E-state index contributed by atoms with van der Waals surface area (Å²) in [6.45, 7) is 2.17. The molecule has 8 rings (SSSR count). The van der Waals surface area contributed by atoms with Gasteiger partial charge in [-0.25, -0.2) is 28.7 Å². The Balaban J connectivity index is 0.000000174. The fourth-order valence-corrected chi connectivity index (χ4v) is 8.86. The topological polar surface area (TPSA) is 130 Å². The van der Waals surface area contributed by atoms with Gasteiger partial charge in [-0.2, -0.15) is 0 Å². The molecule has 0 radical (unpaired) electrons. The molecule has 298 valence electrons. The van der Waals surface area contributed by atoms with E-state index in [4.69, 9.17) is 32.7 Å². The number of fused-ring (bicyclic) bond motifs is 2. The second-order valence-corrected chi connectivity index (χ2v) is 15.8. The Bertz CT molecular complexity index is 2220. The van der Waals surface area contributed by atoms with Gasteiger partial charge in [0.2, 0.25) is 0 Å². The summed E-state index contributed by atoms with van der Waals surface area (Å²) in [6.07, 6.45) is 19.1. The number of carbonyl (C=O) groups excluding carboxylic acids is 2. The fraction of sp³-hybridized carbons (Fsp3) is 0.442. The first-order valence-electron chi connectivity index (χ1n) is 19.6. The summed E-state index contributed by atoms with van der Waals surface area (Å²) in [5, 5.41) is 1.08. The maximum Gasteiger partial charge on any atom is 0.309 e. The SMILES string of the molecule is CCOC(=O)[C@@H]1CCCC[C@H]1Cc1nc(C2=CCc3ncc(Cl)cc32)ncc1F.COC(=O)[C@H]1CCCC[C@@H]1Cc1nc(C2=CCc3ncc(Cl)cc32)ncc1F. The van der Waals surface area contributed by atoms with E-state index in [0.29, 0.717) is 65.4 Å².